The Morgan fingerprint density at radius 3 is 2.48 bits per heavy atom. The fraction of sp³-hybridized carbons (Fsp3) is 0.217. The van der Waals surface area contributed by atoms with E-state index < -0.39 is 0 Å². The molecule has 27 heavy (non-hydrogen) atoms. The highest BCUT2D eigenvalue weighted by Gasteiger charge is 2.22. The molecule has 3 aromatic rings. The Bertz CT molecular complexity index is 911. The van der Waals surface area contributed by atoms with E-state index >= 15 is 0 Å². The highest BCUT2D eigenvalue weighted by Crippen LogP contribution is 2.33. The molecule has 1 heterocycles. The molecule has 3 rings (SSSR count). The third kappa shape index (κ3) is 4.75. The molecule has 0 aliphatic rings. The molecule has 0 N–H and O–H groups in total. The molecule has 0 unspecified atom stereocenters. The lowest BCUT2D eigenvalue weighted by atomic mass is 9.88. The first kappa shape index (κ1) is 19.1. The van der Waals surface area contributed by atoms with Crippen molar-refractivity contribution in [1.29, 1.82) is 0 Å². The SMILES string of the molecule is Cc1cnccc1CN(C)C(=O)C[C@@H](c1ccccc1)c1ccccc1Cl. The zero-order chi connectivity index (χ0) is 19.2. The van der Waals surface area contributed by atoms with Gasteiger partial charge in [0, 0.05) is 43.3 Å². The van der Waals surface area contributed by atoms with E-state index in [9.17, 15) is 4.79 Å². The molecule has 3 nitrogen and oxygen atoms in total. The second kappa shape index (κ2) is 8.83. The summed E-state index contributed by atoms with van der Waals surface area (Å²) in [5.74, 6) is 0.00775. The molecular weight excluding hydrogens is 356 g/mol. The monoisotopic (exact) mass is 378 g/mol. The molecule has 1 atom stereocenters. The Morgan fingerprint density at radius 1 is 1.07 bits per heavy atom. The number of amides is 1. The van der Waals surface area contributed by atoms with Crippen LogP contribution in [0.2, 0.25) is 5.02 Å². The predicted molar refractivity (Wildman–Crippen MR) is 110 cm³/mol. The Labute approximate surface area is 165 Å². The van der Waals surface area contributed by atoms with E-state index in [-0.39, 0.29) is 11.8 Å². The molecule has 0 saturated heterocycles. The number of carbonyl (C=O) groups excluding carboxylic acids is 1. The van der Waals surface area contributed by atoms with Gasteiger partial charge in [-0.15, -0.1) is 0 Å². The average molecular weight is 379 g/mol. The number of hydrogen-bond donors (Lipinski definition) is 0. The molecule has 0 bridgehead atoms. The highest BCUT2D eigenvalue weighted by molar-refractivity contribution is 6.31. The normalized spacial score (nSPS) is 11.8. The van der Waals surface area contributed by atoms with Crippen molar-refractivity contribution in [2.75, 3.05) is 7.05 Å². The summed E-state index contributed by atoms with van der Waals surface area (Å²) in [6.07, 6.45) is 3.95. The molecule has 0 saturated carbocycles. The first-order chi connectivity index (χ1) is 13.1. The summed E-state index contributed by atoms with van der Waals surface area (Å²) in [6.45, 7) is 2.58. The van der Waals surface area contributed by atoms with Crippen molar-refractivity contribution in [3.05, 3.63) is 100 Å². The van der Waals surface area contributed by atoms with Crippen LogP contribution in [0.1, 0.15) is 34.6 Å². The van der Waals surface area contributed by atoms with Crippen LogP contribution < -0.4 is 0 Å². The predicted octanol–water partition coefficient (Wildman–Crippen LogP) is 5.22. The van der Waals surface area contributed by atoms with Crippen molar-refractivity contribution in [3.8, 4) is 0 Å². The molecule has 0 spiro atoms. The number of benzene rings is 2. The van der Waals surface area contributed by atoms with E-state index in [4.69, 9.17) is 11.6 Å². The minimum Gasteiger partial charge on any atom is -0.341 e. The number of aryl methyl sites for hydroxylation is 1. The molecule has 0 aliphatic carbocycles. The molecule has 0 radical (unpaired) electrons. The lowest BCUT2D eigenvalue weighted by Crippen LogP contribution is -2.28. The van der Waals surface area contributed by atoms with Gasteiger partial charge in [-0.05, 0) is 41.3 Å². The van der Waals surface area contributed by atoms with Crippen molar-refractivity contribution in [2.45, 2.75) is 25.8 Å². The summed E-state index contributed by atoms with van der Waals surface area (Å²) >= 11 is 6.45. The maximum Gasteiger partial charge on any atom is 0.223 e. The number of nitrogens with zero attached hydrogens (tertiary/aromatic N) is 2. The Hall–Kier alpha value is -2.65. The topological polar surface area (TPSA) is 33.2 Å². The van der Waals surface area contributed by atoms with Gasteiger partial charge in [0.15, 0.2) is 0 Å². The Morgan fingerprint density at radius 2 is 1.78 bits per heavy atom. The third-order valence-corrected chi connectivity index (χ3v) is 5.18. The van der Waals surface area contributed by atoms with Gasteiger partial charge in [-0.2, -0.15) is 0 Å². The summed E-state index contributed by atoms with van der Waals surface area (Å²) in [5.41, 5.74) is 4.26. The van der Waals surface area contributed by atoms with E-state index in [1.54, 1.807) is 11.1 Å². The molecule has 1 aromatic heterocycles. The van der Waals surface area contributed by atoms with Crippen LogP contribution in [0.4, 0.5) is 0 Å². The van der Waals surface area contributed by atoms with Crippen LogP contribution >= 0.6 is 11.6 Å². The number of aromatic nitrogens is 1. The zero-order valence-electron chi connectivity index (χ0n) is 15.6. The number of rotatable bonds is 6. The van der Waals surface area contributed by atoms with Crippen molar-refractivity contribution >= 4 is 17.5 Å². The summed E-state index contributed by atoms with van der Waals surface area (Å²) in [5, 5.41) is 0.687. The second-order valence-electron chi connectivity index (χ2n) is 6.74. The lowest BCUT2D eigenvalue weighted by molar-refractivity contribution is -0.130. The van der Waals surface area contributed by atoms with Gasteiger partial charge in [-0.25, -0.2) is 0 Å². The second-order valence-corrected chi connectivity index (χ2v) is 7.15. The van der Waals surface area contributed by atoms with E-state index in [1.807, 2.05) is 80.8 Å². The quantitative estimate of drug-likeness (QED) is 0.588. The number of carbonyl (C=O) groups is 1. The molecule has 0 aliphatic heterocycles. The van der Waals surface area contributed by atoms with Crippen LogP contribution in [0.5, 0.6) is 0 Å². The van der Waals surface area contributed by atoms with Crippen LogP contribution in [-0.2, 0) is 11.3 Å². The smallest absolute Gasteiger partial charge is 0.223 e. The molecule has 2 aromatic carbocycles. The Kier molecular flexibility index (Phi) is 6.25. The van der Waals surface area contributed by atoms with E-state index in [0.29, 0.717) is 18.0 Å². The number of hydrogen-bond acceptors (Lipinski definition) is 2. The van der Waals surface area contributed by atoms with Gasteiger partial charge in [-0.3, -0.25) is 9.78 Å². The van der Waals surface area contributed by atoms with Gasteiger partial charge in [0.2, 0.25) is 5.91 Å². The standard InChI is InChI=1S/C23H23ClN2O/c1-17-15-25-13-12-19(17)16-26(2)23(27)14-21(18-8-4-3-5-9-18)20-10-6-7-11-22(20)24/h3-13,15,21H,14,16H2,1-2H3/t21-/m0/s1. The first-order valence-corrected chi connectivity index (χ1v) is 9.37. The van der Waals surface area contributed by atoms with E-state index in [0.717, 1.165) is 22.3 Å². The van der Waals surface area contributed by atoms with Gasteiger partial charge in [0.05, 0.1) is 0 Å². The maximum absolute atomic E-state index is 13.0. The van der Waals surface area contributed by atoms with Crippen molar-refractivity contribution < 1.29 is 4.79 Å². The number of pyridine rings is 1. The zero-order valence-corrected chi connectivity index (χ0v) is 16.4. The van der Waals surface area contributed by atoms with Crippen molar-refractivity contribution in [2.24, 2.45) is 0 Å². The lowest BCUT2D eigenvalue weighted by Gasteiger charge is -2.23. The minimum atomic E-state index is -0.0756. The molecule has 0 fully saturated rings. The Balaban J connectivity index is 1.83. The van der Waals surface area contributed by atoms with Gasteiger partial charge < -0.3 is 4.90 Å². The van der Waals surface area contributed by atoms with Crippen LogP contribution in [0.3, 0.4) is 0 Å². The summed E-state index contributed by atoms with van der Waals surface area (Å²) < 4.78 is 0. The largest absolute Gasteiger partial charge is 0.341 e. The van der Waals surface area contributed by atoms with Gasteiger partial charge in [0.25, 0.3) is 0 Å². The summed E-state index contributed by atoms with van der Waals surface area (Å²) in [6, 6.07) is 19.8. The maximum atomic E-state index is 13.0. The van der Waals surface area contributed by atoms with Crippen molar-refractivity contribution in [1.82, 2.24) is 9.88 Å². The van der Waals surface area contributed by atoms with Crippen molar-refractivity contribution in [3.63, 3.8) is 0 Å². The first-order valence-electron chi connectivity index (χ1n) is 8.99. The summed E-state index contributed by atoms with van der Waals surface area (Å²) in [4.78, 5) is 18.9. The van der Waals surface area contributed by atoms with E-state index in [2.05, 4.69) is 4.98 Å². The van der Waals surface area contributed by atoms with Gasteiger partial charge in [0.1, 0.15) is 0 Å². The average Bonchev–Trinajstić information content (AvgIpc) is 2.69. The number of halogens is 1. The molecule has 138 valence electrons. The molecular formula is C23H23ClN2O. The third-order valence-electron chi connectivity index (χ3n) is 4.83. The van der Waals surface area contributed by atoms with Crippen LogP contribution in [0.15, 0.2) is 73.1 Å². The van der Waals surface area contributed by atoms with Crippen LogP contribution in [-0.4, -0.2) is 22.8 Å². The fourth-order valence-electron chi connectivity index (χ4n) is 3.20. The van der Waals surface area contributed by atoms with Crippen LogP contribution in [0.25, 0.3) is 0 Å². The minimum absolute atomic E-state index is 0.0756. The highest BCUT2D eigenvalue weighted by atomic mass is 35.5. The van der Waals surface area contributed by atoms with Gasteiger partial charge >= 0.3 is 0 Å². The van der Waals surface area contributed by atoms with Gasteiger partial charge in [-0.1, -0.05) is 60.1 Å². The molecule has 4 heteroatoms. The van der Waals surface area contributed by atoms with E-state index in [1.165, 1.54) is 0 Å². The fourth-order valence-corrected chi connectivity index (χ4v) is 3.47. The summed E-state index contributed by atoms with van der Waals surface area (Å²) in [7, 11) is 1.84. The van der Waals surface area contributed by atoms with Crippen LogP contribution in [0, 0.1) is 6.92 Å². The molecule has 1 amide bonds.